The third-order valence-corrected chi connectivity index (χ3v) is 8.61. The van der Waals surface area contributed by atoms with E-state index in [9.17, 15) is 19.2 Å². The van der Waals surface area contributed by atoms with Crippen LogP contribution in [0.3, 0.4) is 0 Å². The zero-order chi connectivity index (χ0) is 29.7. The van der Waals surface area contributed by atoms with Gasteiger partial charge in [0, 0.05) is 11.8 Å². The first-order valence-corrected chi connectivity index (χ1v) is 14.3. The monoisotopic (exact) mass is 572 g/mol. The number of ether oxygens (including phenoxy) is 2. The summed E-state index contributed by atoms with van der Waals surface area (Å²) in [6, 6.07) is 29.3. The standard InChI is InChI=1S/C35H28N2O6/c1-2-42-27-14-8-7-13-26(27)36-28(38)19-43-35(41)20-15-17-21(18-16-20)37-33(39)31-29-22-9-3-4-10-23(22)30(32(31)34(37)40)25-12-6-5-11-24(25)29/h3-18,29-32H,2,19H2,1H3,(H,36,38)/t29?,30?,31-,32-/m0/s1. The van der Waals surface area contributed by atoms with Crippen molar-refractivity contribution in [3.63, 3.8) is 0 Å². The fourth-order valence-electron chi connectivity index (χ4n) is 6.93. The number of carbonyl (C=O) groups excluding carboxylic acids is 4. The van der Waals surface area contributed by atoms with Crippen LogP contribution in [-0.4, -0.2) is 36.9 Å². The van der Waals surface area contributed by atoms with Crippen LogP contribution in [0.4, 0.5) is 11.4 Å². The Balaban J connectivity index is 1.07. The number of nitrogens with one attached hydrogen (secondary N) is 1. The number of nitrogens with zero attached hydrogens (tertiary/aromatic N) is 1. The number of hydrogen-bond donors (Lipinski definition) is 1. The van der Waals surface area contributed by atoms with Crippen LogP contribution in [0.15, 0.2) is 97.1 Å². The second-order valence-corrected chi connectivity index (χ2v) is 10.9. The van der Waals surface area contributed by atoms with E-state index < -0.39 is 30.3 Å². The number of rotatable bonds is 7. The predicted octanol–water partition coefficient (Wildman–Crippen LogP) is 5.28. The molecule has 1 fully saturated rings. The Hall–Kier alpha value is -5.24. The summed E-state index contributed by atoms with van der Waals surface area (Å²) in [5.41, 5.74) is 5.52. The SMILES string of the molecule is CCOc1ccccc1NC(=O)COC(=O)c1ccc(N2C(=O)[C@H]3C4c5ccccc5C(c5ccccc54)[C@@H]3C2=O)cc1. The molecule has 0 saturated carbocycles. The van der Waals surface area contributed by atoms with Gasteiger partial charge in [-0.15, -0.1) is 0 Å². The Bertz CT molecular complexity index is 1670. The summed E-state index contributed by atoms with van der Waals surface area (Å²) in [5, 5.41) is 2.69. The molecule has 0 aromatic heterocycles. The first kappa shape index (κ1) is 26.6. The lowest BCUT2D eigenvalue weighted by Gasteiger charge is -2.45. The van der Waals surface area contributed by atoms with Crippen molar-refractivity contribution in [2.24, 2.45) is 11.8 Å². The van der Waals surface area contributed by atoms with Gasteiger partial charge in [-0.1, -0.05) is 60.7 Å². The molecule has 4 aromatic carbocycles. The number of anilines is 2. The normalized spacial score (nSPS) is 21.1. The van der Waals surface area contributed by atoms with Crippen molar-refractivity contribution in [1.82, 2.24) is 0 Å². The highest BCUT2D eigenvalue weighted by Gasteiger charge is 2.61. The number of carbonyl (C=O) groups is 4. The highest BCUT2D eigenvalue weighted by Crippen LogP contribution is 2.61. The van der Waals surface area contributed by atoms with Crippen LogP contribution >= 0.6 is 0 Å². The summed E-state index contributed by atoms with van der Waals surface area (Å²) < 4.78 is 10.7. The fraction of sp³-hybridized carbons (Fsp3) is 0.200. The molecule has 1 saturated heterocycles. The van der Waals surface area contributed by atoms with E-state index >= 15 is 0 Å². The molecule has 43 heavy (non-hydrogen) atoms. The lowest BCUT2D eigenvalue weighted by Crippen LogP contribution is -2.41. The topological polar surface area (TPSA) is 102 Å². The van der Waals surface area contributed by atoms with Crippen molar-refractivity contribution in [3.8, 4) is 5.75 Å². The summed E-state index contributed by atoms with van der Waals surface area (Å²) in [6.07, 6.45) is 0. The maximum Gasteiger partial charge on any atom is 0.338 e. The first-order valence-electron chi connectivity index (χ1n) is 14.3. The van der Waals surface area contributed by atoms with Crippen molar-refractivity contribution < 1.29 is 28.7 Å². The van der Waals surface area contributed by atoms with E-state index in [1.807, 2.05) is 31.2 Å². The Labute approximate surface area is 248 Å². The number of amides is 3. The van der Waals surface area contributed by atoms with E-state index in [0.29, 0.717) is 23.7 Å². The Morgan fingerprint density at radius 1 is 0.721 bits per heavy atom. The molecule has 1 aliphatic heterocycles. The second kappa shape index (κ2) is 10.5. The quantitative estimate of drug-likeness (QED) is 0.239. The van der Waals surface area contributed by atoms with Crippen molar-refractivity contribution >= 4 is 35.1 Å². The summed E-state index contributed by atoms with van der Waals surface area (Å²) in [7, 11) is 0. The van der Waals surface area contributed by atoms with Gasteiger partial charge in [0.15, 0.2) is 6.61 Å². The Morgan fingerprint density at radius 2 is 1.23 bits per heavy atom. The van der Waals surface area contributed by atoms with Gasteiger partial charge in [0.05, 0.1) is 35.4 Å². The van der Waals surface area contributed by atoms with E-state index in [4.69, 9.17) is 9.47 Å². The molecule has 2 bridgehead atoms. The van der Waals surface area contributed by atoms with Crippen molar-refractivity contribution in [2.75, 3.05) is 23.4 Å². The number of imide groups is 1. The molecule has 1 heterocycles. The summed E-state index contributed by atoms with van der Waals surface area (Å²) in [4.78, 5) is 54.3. The highest BCUT2D eigenvalue weighted by molar-refractivity contribution is 6.23. The van der Waals surface area contributed by atoms with Crippen molar-refractivity contribution in [2.45, 2.75) is 18.8 Å². The van der Waals surface area contributed by atoms with Gasteiger partial charge in [0.1, 0.15) is 5.75 Å². The molecule has 3 aliphatic carbocycles. The molecule has 214 valence electrons. The summed E-state index contributed by atoms with van der Waals surface area (Å²) in [6.45, 7) is 1.80. The third-order valence-electron chi connectivity index (χ3n) is 8.61. The van der Waals surface area contributed by atoms with Crippen LogP contribution in [0.2, 0.25) is 0 Å². The van der Waals surface area contributed by atoms with E-state index in [0.717, 1.165) is 22.3 Å². The smallest absolute Gasteiger partial charge is 0.338 e. The van der Waals surface area contributed by atoms with Crippen LogP contribution in [-0.2, 0) is 19.1 Å². The number of benzene rings is 4. The minimum Gasteiger partial charge on any atom is -0.492 e. The minimum absolute atomic E-state index is 0.190. The Kier molecular flexibility index (Phi) is 6.54. The molecule has 2 atom stereocenters. The zero-order valence-corrected chi connectivity index (χ0v) is 23.4. The lowest BCUT2D eigenvalue weighted by atomic mass is 9.55. The average molecular weight is 573 g/mol. The van der Waals surface area contributed by atoms with Crippen LogP contribution < -0.4 is 15.0 Å². The molecule has 0 radical (unpaired) electrons. The van der Waals surface area contributed by atoms with E-state index in [-0.39, 0.29) is 29.2 Å². The third kappa shape index (κ3) is 4.29. The summed E-state index contributed by atoms with van der Waals surface area (Å²) >= 11 is 0. The molecule has 4 aromatic rings. The fourth-order valence-corrected chi connectivity index (χ4v) is 6.93. The Morgan fingerprint density at radius 3 is 1.77 bits per heavy atom. The number of para-hydroxylation sites is 2. The molecule has 8 nitrogen and oxygen atoms in total. The first-order chi connectivity index (χ1) is 21.0. The number of hydrogen-bond acceptors (Lipinski definition) is 6. The van der Waals surface area contributed by atoms with Gasteiger partial charge in [-0.2, -0.15) is 0 Å². The van der Waals surface area contributed by atoms with Crippen LogP contribution in [0.1, 0.15) is 51.4 Å². The minimum atomic E-state index is -0.698. The molecule has 0 unspecified atom stereocenters. The van der Waals surface area contributed by atoms with Gasteiger partial charge in [-0.3, -0.25) is 14.4 Å². The second-order valence-electron chi connectivity index (χ2n) is 10.9. The van der Waals surface area contributed by atoms with Gasteiger partial charge < -0.3 is 14.8 Å². The van der Waals surface area contributed by atoms with Gasteiger partial charge in [0.25, 0.3) is 5.91 Å². The zero-order valence-electron chi connectivity index (χ0n) is 23.4. The van der Waals surface area contributed by atoms with Crippen molar-refractivity contribution in [1.29, 1.82) is 0 Å². The van der Waals surface area contributed by atoms with Gasteiger partial charge in [0.2, 0.25) is 11.8 Å². The number of esters is 1. The molecule has 8 rings (SSSR count). The molecule has 8 heteroatoms. The highest BCUT2D eigenvalue weighted by atomic mass is 16.5. The van der Waals surface area contributed by atoms with Crippen LogP contribution in [0.5, 0.6) is 5.75 Å². The average Bonchev–Trinajstić information content (AvgIpc) is 3.31. The van der Waals surface area contributed by atoms with Gasteiger partial charge >= 0.3 is 5.97 Å². The lowest BCUT2D eigenvalue weighted by molar-refractivity contribution is -0.122. The van der Waals surface area contributed by atoms with Crippen molar-refractivity contribution in [3.05, 3.63) is 125 Å². The van der Waals surface area contributed by atoms with Crippen LogP contribution in [0, 0.1) is 11.8 Å². The van der Waals surface area contributed by atoms with E-state index in [1.165, 1.54) is 17.0 Å². The largest absolute Gasteiger partial charge is 0.492 e. The predicted molar refractivity (Wildman–Crippen MR) is 159 cm³/mol. The molecular formula is C35H28N2O6. The molecule has 3 amide bonds. The molecular weight excluding hydrogens is 544 g/mol. The maximum absolute atomic E-state index is 13.9. The van der Waals surface area contributed by atoms with Gasteiger partial charge in [-0.05, 0) is 65.6 Å². The van der Waals surface area contributed by atoms with Crippen LogP contribution in [0.25, 0.3) is 0 Å². The van der Waals surface area contributed by atoms with E-state index in [1.54, 1.807) is 36.4 Å². The molecule has 0 spiro atoms. The molecule has 4 aliphatic rings. The van der Waals surface area contributed by atoms with E-state index in [2.05, 4.69) is 29.6 Å². The summed E-state index contributed by atoms with van der Waals surface area (Å²) in [5.74, 6) is -2.50. The molecule has 1 N–H and O–H groups in total. The maximum atomic E-state index is 13.9. The van der Waals surface area contributed by atoms with Gasteiger partial charge in [-0.25, -0.2) is 9.69 Å².